The van der Waals surface area contributed by atoms with E-state index in [9.17, 15) is 4.79 Å². The Kier molecular flexibility index (Phi) is 3.97. The van der Waals surface area contributed by atoms with Crippen molar-refractivity contribution in [3.8, 4) is 0 Å². The van der Waals surface area contributed by atoms with E-state index < -0.39 is 0 Å². The summed E-state index contributed by atoms with van der Waals surface area (Å²) in [4.78, 5) is 24.3. The van der Waals surface area contributed by atoms with Crippen LogP contribution in [0.1, 0.15) is 5.56 Å². The Balaban J connectivity index is 1.63. The number of benzene rings is 1. The number of nitrogens with zero attached hydrogens (tertiary/aromatic N) is 4. The molecule has 0 saturated heterocycles. The molecule has 1 aromatic carbocycles. The first-order chi connectivity index (χ1) is 10.3. The molecule has 0 aliphatic rings. The maximum atomic E-state index is 12.2. The van der Waals surface area contributed by atoms with E-state index in [4.69, 9.17) is 4.74 Å². The van der Waals surface area contributed by atoms with Gasteiger partial charge in [0.05, 0.1) is 19.8 Å². The summed E-state index contributed by atoms with van der Waals surface area (Å²) in [6.45, 7) is 1.39. The van der Waals surface area contributed by atoms with Crippen molar-refractivity contribution in [1.29, 1.82) is 0 Å². The number of hydrogen-bond acceptors (Lipinski definition) is 5. The van der Waals surface area contributed by atoms with Crippen molar-refractivity contribution in [2.45, 2.75) is 13.2 Å². The lowest BCUT2D eigenvalue weighted by Gasteiger charge is -2.07. The molecule has 0 unspecified atom stereocenters. The fourth-order valence-corrected chi connectivity index (χ4v) is 1.98. The van der Waals surface area contributed by atoms with Gasteiger partial charge in [0.2, 0.25) is 0 Å². The summed E-state index contributed by atoms with van der Waals surface area (Å²) in [5, 5.41) is 0. The molecule has 2 aromatic heterocycles. The molecule has 0 saturated carbocycles. The second-order valence-electron chi connectivity index (χ2n) is 4.51. The zero-order valence-corrected chi connectivity index (χ0v) is 11.3. The average molecular weight is 282 g/mol. The Bertz CT molecular complexity index is 786. The van der Waals surface area contributed by atoms with Crippen LogP contribution < -0.4 is 5.56 Å². The summed E-state index contributed by atoms with van der Waals surface area (Å²) in [5.74, 6) is 0. The van der Waals surface area contributed by atoms with Crippen LogP contribution in [0.5, 0.6) is 0 Å². The molecule has 3 aromatic rings. The second kappa shape index (κ2) is 6.23. The van der Waals surface area contributed by atoms with Gasteiger partial charge in [0, 0.05) is 12.4 Å². The van der Waals surface area contributed by atoms with Gasteiger partial charge < -0.3 is 4.74 Å². The van der Waals surface area contributed by atoms with Gasteiger partial charge in [0.25, 0.3) is 5.56 Å². The van der Waals surface area contributed by atoms with Gasteiger partial charge in [-0.05, 0) is 5.56 Å². The van der Waals surface area contributed by atoms with E-state index in [2.05, 4.69) is 15.0 Å². The topological polar surface area (TPSA) is 69.9 Å². The van der Waals surface area contributed by atoms with Gasteiger partial charge >= 0.3 is 0 Å². The van der Waals surface area contributed by atoms with Crippen molar-refractivity contribution in [2.75, 3.05) is 6.61 Å². The Morgan fingerprint density at radius 3 is 2.71 bits per heavy atom. The summed E-state index contributed by atoms with van der Waals surface area (Å²) in [7, 11) is 0. The Hall–Kier alpha value is -2.60. The van der Waals surface area contributed by atoms with Crippen LogP contribution in [0.4, 0.5) is 0 Å². The molecule has 0 N–H and O–H groups in total. The third kappa shape index (κ3) is 3.11. The summed E-state index contributed by atoms with van der Waals surface area (Å²) in [6.07, 6.45) is 4.48. The molecule has 0 atom stereocenters. The van der Waals surface area contributed by atoms with Crippen molar-refractivity contribution in [2.24, 2.45) is 0 Å². The molecule has 0 spiro atoms. The molecule has 2 heterocycles. The maximum absolute atomic E-state index is 12.2. The van der Waals surface area contributed by atoms with Crippen LogP contribution in [0.15, 0.2) is 53.8 Å². The van der Waals surface area contributed by atoms with E-state index in [1.54, 1.807) is 0 Å². The predicted molar refractivity (Wildman–Crippen MR) is 77.7 cm³/mol. The van der Waals surface area contributed by atoms with Crippen molar-refractivity contribution < 1.29 is 4.74 Å². The van der Waals surface area contributed by atoms with Gasteiger partial charge in [0.1, 0.15) is 6.33 Å². The van der Waals surface area contributed by atoms with E-state index in [0.29, 0.717) is 25.4 Å². The minimum absolute atomic E-state index is 0.198. The van der Waals surface area contributed by atoms with Crippen LogP contribution in [0.2, 0.25) is 0 Å². The van der Waals surface area contributed by atoms with Gasteiger partial charge in [-0.2, -0.15) is 0 Å². The van der Waals surface area contributed by atoms with E-state index >= 15 is 0 Å². The standard InChI is InChI=1S/C15H14N4O2/c20-15-13-14(17-7-6-16-13)18-11-19(15)8-9-21-10-12-4-2-1-3-5-12/h1-7,11H,8-10H2. The molecule has 0 radical (unpaired) electrons. The smallest absolute Gasteiger partial charge is 0.281 e. The average Bonchev–Trinajstić information content (AvgIpc) is 2.55. The molecular formula is C15H14N4O2. The molecule has 106 valence electrons. The Morgan fingerprint density at radius 1 is 1.05 bits per heavy atom. The SMILES string of the molecule is O=c1c2nccnc2ncn1CCOCc1ccccc1. The quantitative estimate of drug-likeness (QED) is 0.662. The molecular weight excluding hydrogens is 268 g/mol. The normalized spacial score (nSPS) is 10.9. The first kappa shape index (κ1) is 13.4. The van der Waals surface area contributed by atoms with Crippen LogP contribution in [0.3, 0.4) is 0 Å². The summed E-state index contributed by atoms with van der Waals surface area (Å²) in [5.41, 5.74) is 1.55. The fraction of sp³-hybridized carbons (Fsp3) is 0.200. The third-order valence-corrected chi connectivity index (χ3v) is 3.05. The predicted octanol–water partition coefficient (Wildman–Crippen LogP) is 1.40. The molecule has 6 heteroatoms. The minimum atomic E-state index is -0.198. The van der Waals surface area contributed by atoms with Crippen molar-refractivity contribution in [3.05, 3.63) is 65.0 Å². The Labute approximate surface area is 121 Å². The van der Waals surface area contributed by atoms with Crippen LogP contribution in [-0.2, 0) is 17.9 Å². The molecule has 0 amide bonds. The van der Waals surface area contributed by atoms with E-state index in [0.717, 1.165) is 5.56 Å². The largest absolute Gasteiger partial charge is 0.375 e. The monoisotopic (exact) mass is 282 g/mol. The van der Waals surface area contributed by atoms with Gasteiger partial charge in [-0.25, -0.2) is 15.0 Å². The number of ether oxygens (including phenoxy) is 1. The van der Waals surface area contributed by atoms with Gasteiger partial charge in [0.15, 0.2) is 11.2 Å². The first-order valence-corrected chi connectivity index (χ1v) is 6.62. The highest BCUT2D eigenvalue weighted by atomic mass is 16.5. The molecule has 0 aliphatic heterocycles. The minimum Gasteiger partial charge on any atom is -0.375 e. The highest BCUT2D eigenvalue weighted by Gasteiger charge is 2.05. The zero-order valence-electron chi connectivity index (χ0n) is 11.3. The third-order valence-electron chi connectivity index (χ3n) is 3.05. The molecule has 3 rings (SSSR count). The molecule has 21 heavy (non-hydrogen) atoms. The van der Waals surface area contributed by atoms with Gasteiger partial charge in [-0.3, -0.25) is 9.36 Å². The second-order valence-corrected chi connectivity index (χ2v) is 4.51. The highest BCUT2D eigenvalue weighted by molar-refractivity contribution is 5.66. The van der Waals surface area contributed by atoms with Gasteiger partial charge in [-0.15, -0.1) is 0 Å². The fourth-order valence-electron chi connectivity index (χ4n) is 1.98. The van der Waals surface area contributed by atoms with E-state index in [-0.39, 0.29) is 11.1 Å². The summed E-state index contributed by atoms with van der Waals surface area (Å²) >= 11 is 0. The van der Waals surface area contributed by atoms with Crippen molar-refractivity contribution in [1.82, 2.24) is 19.5 Å². The molecule has 6 nitrogen and oxygen atoms in total. The summed E-state index contributed by atoms with van der Waals surface area (Å²) in [6, 6.07) is 9.90. The summed E-state index contributed by atoms with van der Waals surface area (Å²) < 4.78 is 7.06. The van der Waals surface area contributed by atoms with Crippen LogP contribution in [-0.4, -0.2) is 26.1 Å². The molecule has 0 fully saturated rings. The lowest BCUT2D eigenvalue weighted by Crippen LogP contribution is -2.23. The number of rotatable bonds is 5. The highest BCUT2D eigenvalue weighted by Crippen LogP contribution is 2.01. The van der Waals surface area contributed by atoms with Crippen LogP contribution in [0, 0.1) is 0 Å². The molecule has 0 bridgehead atoms. The van der Waals surface area contributed by atoms with Gasteiger partial charge in [-0.1, -0.05) is 30.3 Å². The molecule has 0 aliphatic carbocycles. The Morgan fingerprint density at radius 2 is 1.86 bits per heavy atom. The maximum Gasteiger partial charge on any atom is 0.281 e. The number of aromatic nitrogens is 4. The van der Waals surface area contributed by atoms with Crippen LogP contribution in [0.25, 0.3) is 11.2 Å². The number of fused-ring (bicyclic) bond motifs is 1. The van der Waals surface area contributed by atoms with Crippen LogP contribution >= 0.6 is 0 Å². The lowest BCUT2D eigenvalue weighted by atomic mass is 10.2. The van der Waals surface area contributed by atoms with Crippen molar-refractivity contribution >= 4 is 11.2 Å². The first-order valence-electron chi connectivity index (χ1n) is 6.62. The number of hydrogen-bond donors (Lipinski definition) is 0. The zero-order chi connectivity index (χ0) is 14.5. The lowest BCUT2D eigenvalue weighted by molar-refractivity contribution is 0.112. The van der Waals surface area contributed by atoms with Crippen molar-refractivity contribution in [3.63, 3.8) is 0 Å². The van der Waals surface area contributed by atoms with E-state index in [1.807, 2.05) is 30.3 Å². The van der Waals surface area contributed by atoms with E-state index in [1.165, 1.54) is 23.3 Å².